The minimum atomic E-state index is -4.62. The number of amidine groups is 1. The van der Waals surface area contributed by atoms with Crippen LogP contribution < -0.4 is 11.1 Å². The van der Waals surface area contributed by atoms with Crippen molar-refractivity contribution in [2.45, 2.75) is 30.7 Å². The number of hydrogen-bond acceptors (Lipinski definition) is 6. The molecule has 0 saturated carbocycles. The summed E-state index contributed by atoms with van der Waals surface area (Å²) in [5, 5.41) is 2.40. The number of halogens is 6. The maximum absolute atomic E-state index is 14.9. The summed E-state index contributed by atoms with van der Waals surface area (Å²) in [6.45, 7) is -0.0426. The van der Waals surface area contributed by atoms with Gasteiger partial charge in [0, 0.05) is 24.4 Å². The smallest absolute Gasteiger partial charge is 0.417 e. The van der Waals surface area contributed by atoms with Gasteiger partial charge in [0.1, 0.15) is 23.2 Å². The highest BCUT2D eigenvalue weighted by atomic mass is 19.4. The number of carbonyl (C=O) groups is 1. The quantitative estimate of drug-likeness (QED) is 0.640. The first-order chi connectivity index (χ1) is 15.8. The third-order valence-electron chi connectivity index (χ3n) is 5.70. The number of nitrogens with two attached hydrogens (primary N) is 1. The normalized spacial score (nSPS) is 24.7. The van der Waals surface area contributed by atoms with Gasteiger partial charge < -0.3 is 20.5 Å². The molecule has 0 radical (unpaired) electrons. The van der Waals surface area contributed by atoms with E-state index in [-0.39, 0.29) is 29.6 Å². The molecule has 3 N–H and O–H groups in total. The van der Waals surface area contributed by atoms with Crippen LogP contribution in [0.4, 0.5) is 32.0 Å². The molecule has 182 valence electrons. The Bertz CT molecular complexity index is 1130. The highest BCUT2D eigenvalue weighted by Crippen LogP contribution is 2.49. The fourth-order valence-corrected chi connectivity index (χ4v) is 4.10. The van der Waals surface area contributed by atoms with Crippen molar-refractivity contribution in [2.24, 2.45) is 16.6 Å². The molecule has 34 heavy (non-hydrogen) atoms. The number of nitrogens with one attached hydrogen (secondary N) is 1. The van der Waals surface area contributed by atoms with Crippen LogP contribution in [0.3, 0.4) is 0 Å². The fourth-order valence-electron chi connectivity index (χ4n) is 4.10. The zero-order chi connectivity index (χ0) is 24.9. The number of fused-ring (bicyclic) bond motifs is 1. The van der Waals surface area contributed by atoms with E-state index in [1.54, 1.807) is 0 Å². The minimum absolute atomic E-state index is 0.0307. The second-order valence-corrected chi connectivity index (χ2v) is 8.06. The van der Waals surface area contributed by atoms with E-state index >= 15 is 0 Å². The Morgan fingerprint density at radius 2 is 1.94 bits per heavy atom. The number of ether oxygens (including phenoxy) is 2. The van der Waals surface area contributed by atoms with Crippen LogP contribution in [0.25, 0.3) is 0 Å². The lowest BCUT2D eigenvalue weighted by atomic mass is 9.76. The van der Waals surface area contributed by atoms with Crippen LogP contribution in [0.5, 0.6) is 0 Å². The Morgan fingerprint density at radius 3 is 2.56 bits per heavy atom. The van der Waals surface area contributed by atoms with Crippen molar-refractivity contribution >= 4 is 17.6 Å². The molecular weight excluding hydrogens is 470 g/mol. The molecule has 1 saturated heterocycles. The zero-order valence-corrected chi connectivity index (χ0v) is 17.5. The average molecular weight is 488 g/mol. The average Bonchev–Trinajstić information content (AvgIpc) is 3.14. The number of aliphatic imine (C=N–C) groups is 1. The number of benzene rings is 1. The molecule has 0 bridgehead atoms. The Hall–Kier alpha value is -3.35. The Balaban J connectivity index is 1.66. The monoisotopic (exact) mass is 488 g/mol. The fraction of sp³-hybridized carbons (Fsp3) is 0.381. The largest absolute Gasteiger partial charge is 0.465 e. The molecule has 2 aliphatic rings. The van der Waals surface area contributed by atoms with Gasteiger partial charge >= 0.3 is 6.18 Å². The molecule has 0 aliphatic carbocycles. The molecular formula is C21H18F6N4O3. The van der Waals surface area contributed by atoms with E-state index < -0.39 is 53.6 Å². The predicted octanol–water partition coefficient (Wildman–Crippen LogP) is 3.70. The Kier molecular flexibility index (Phi) is 5.70. The van der Waals surface area contributed by atoms with Crippen molar-refractivity contribution in [1.29, 1.82) is 0 Å². The van der Waals surface area contributed by atoms with Gasteiger partial charge in [0.15, 0.2) is 0 Å². The number of anilines is 1. The van der Waals surface area contributed by atoms with E-state index in [1.807, 2.05) is 0 Å². The van der Waals surface area contributed by atoms with Crippen LogP contribution >= 0.6 is 0 Å². The molecule has 1 aromatic heterocycles. The first-order valence-corrected chi connectivity index (χ1v) is 9.93. The van der Waals surface area contributed by atoms with Crippen LogP contribution in [0.1, 0.15) is 28.5 Å². The zero-order valence-electron chi connectivity index (χ0n) is 17.5. The highest BCUT2D eigenvalue weighted by molar-refractivity contribution is 6.02. The first kappa shape index (κ1) is 23.8. The number of pyridine rings is 1. The number of carbonyl (C=O) groups excluding carboxylic acids is 1. The van der Waals surface area contributed by atoms with Gasteiger partial charge in [-0.2, -0.15) is 13.2 Å². The molecule has 1 aromatic carbocycles. The minimum Gasteiger partial charge on any atom is -0.465 e. The lowest BCUT2D eigenvalue weighted by Gasteiger charge is -2.37. The van der Waals surface area contributed by atoms with E-state index in [0.29, 0.717) is 19.2 Å². The second-order valence-electron chi connectivity index (χ2n) is 8.06. The van der Waals surface area contributed by atoms with E-state index in [4.69, 9.17) is 15.2 Å². The maximum atomic E-state index is 14.9. The van der Waals surface area contributed by atoms with E-state index in [2.05, 4.69) is 15.3 Å². The number of amides is 1. The number of hydrogen-bond donors (Lipinski definition) is 2. The molecule has 4 rings (SSSR count). The second kappa shape index (κ2) is 8.15. The molecule has 7 nitrogen and oxygen atoms in total. The van der Waals surface area contributed by atoms with Crippen LogP contribution in [-0.2, 0) is 21.2 Å². The molecule has 1 fully saturated rings. The summed E-state index contributed by atoms with van der Waals surface area (Å²) in [6.07, 6.45) is -5.74. The number of nitrogens with zero attached hydrogens (tertiary/aromatic N) is 2. The van der Waals surface area contributed by atoms with Crippen molar-refractivity contribution < 1.29 is 40.6 Å². The van der Waals surface area contributed by atoms with Crippen molar-refractivity contribution in [3.63, 3.8) is 0 Å². The van der Waals surface area contributed by atoms with Crippen LogP contribution in [-0.4, -0.2) is 42.2 Å². The lowest BCUT2D eigenvalue weighted by molar-refractivity contribution is -0.137. The number of alkyl halides is 5. The third-order valence-corrected chi connectivity index (χ3v) is 5.70. The molecule has 1 amide bonds. The summed E-state index contributed by atoms with van der Waals surface area (Å²) in [5.41, 5.74) is 2.54. The third kappa shape index (κ3) is 4.27. The van der Waals surface area contributed by atoms with Crippen molar-refractivity contribution in [3.05, 3.63) is 59.2 Å². The van der Waals surface area contributed by atoms with Gasteiger partial charge in [-0.1, -0.05) is 0 Å². The lowest BCUT2D eigenvalue weighted by Crippen LogP contribution is -2.48. The SMILES string of the molecule is CC(F)(F)[C@H]1OC[C@]2(c3cc(NC(=O)c4ccc(C(F)(F)F)cn4)ccc3F)N=C(N)OC[C@H]12. The maximum Gasteiger partial charge on any atom is 0.417 e. The summed E-state index contributed by atoms with van der Waals surface area (Å²) in [7, 11) is 0. The van der Waals surface area contributed by atoms with Crippen LogP contribution in [0.2, 0.25) is 0 Å². The summed E-state index contributed by atoms with van der Waals surface area (Å²) < 4.78 is 91.7. The summed E-state index contributed by atoms with van der Waals surface area (Å²) in [6, 6.07) is 4.63. The Labute approximate surface area is 189 Å². The van der Waals surface area contributed by atoms with Gasteiger partial charge in [-0.25, -0.2) is 18.2 Å². The van der Waals surface area contributed by atoms with Gasteiger partial charge in [0.2, 0.25) is 0 Å². The molecule has 0 unspecified atom stereocenters. The first-order valence-electron chi connectivity index (χ1n) is 9.93. The van der Waals surface area contributed by atoms with E-state index in [9.17, 15) is 31.1 Å². The molecule has 3 heterocycles. The van der Waals surface area contributed by atoms with E-state index in [0.717, 1.165) is 12.1 Å². The standard InChI is InChI=1S/C21H18F6N4O3/c1-19(23,24)16-13-8-33-18(28)31-20(13,9-34-16)12-6-11(3-4-14(12)22)30-17(32)15-5-2-10(7-29-15)21(25,26)27/h2-7,13,16H,8-9H2,1H3,(H2,28,31)(H,30,32)/t13-,16+,20-/m1/s1. The molecule has 2 aromatic rings. The van der Waals surface area contributed by atoms with Crippen LogP contribution in [0.15, 0.2) is 41.5 Å². The van der Waals surface area contributed by atoms with Gasteiger partial charge in [0.25, 0.3) is 17.9 Å². The predicted molar refractivity (Wildman–Crippen MR) is 107 cm³/mol. The Morgan fingerprint density at radius 1 is 1.21 bits per heavy atom. The van der Waals surface area contributed by atoms with Gasteiger partial charge in [-0.05, 0) is 30.3 Å². The molecule has 2 aliphatic heterocycles. The number of aromatic nitrogens is 1. The highest BCUT2D eigenvalue weighted by Gasteiger charge is 2.60. The van der Waals surface area contributed by atoms with Gasteiger partial charge in [0.05, 0.1) is 24.7 Å². The summed E-state index contributed by atoms with van der Waals surface area (Å²) >= 11 is 0. The van der Waals surface area contributed by atoms with Crippen LogP contribution in [0, 0.1) is 11.7 Å². The van der Waals surface area contributed by atoms with Crippen molar-refractivity contribution in [3.8, 4) is 0 Å². The molecule has 3 atom stereocenters. The molecule has 0 spiro atoms. The molecule has 13 heteroatoms. The van der Waals surface area contributed by atoms with Gasteiger partial charge in [-0.15, -0.1) is 0 Å². The van der Waals surface area contributed by atoms with Gasteiger partial charge in [-0.3, -0.25) is 9.78 Å². The van der Waals surface area contributed by atoms with E-state index in [1.165, 1.54) is 12.1 Å². The number of rotatable bonds is 4. The van der Waals surface area contributed by atoms with Crippen molar-refractivity contribution in [2.75, 3.05) is 18.5 Å². The topological polar surface area (TPSA) is 98.8 Å². The summed E-state index contributed by atoms with van der Waals surface area (Å²) in [5.74, 6) is -6.04. The van der Waals surface area contributed by atoms with Crippen molar-refractivity contribution in [1.82, 2.24) is 4.98 Å². The summed E-state index contributed by atoms with van der Waals surface area (Å²) in [4.78, 5) is 20.1.